The minimum absolute atomic E-state index is 0.325. The second kappa shape index (κ2) is 5.58. The molecule has 0 amide bonds. The van der Waals surface area contributed by atoms with E-state index >= 15 is 0 Å². The van der Waals surface area contributed by atoms with E-state index in [9.17, 15) is 4.79 Å². The van der Waals surface area contributed by atoms with E-state index in [2.05, 4.69) is 10.2 Å². The standard InChI is InChI=1S/C15H22N2O3/c1-10-13(15(18)19-2)6-12(20-10)8-17-7-11-4-3-5-16-14(11)9-17/h6,11,14,16H,3-5,7-9H2,1-2H3/t11-,14+/m0/s1. The molecular weight excluding hydrogens is 256 g/mol. The summed E-state index contributed by atoms with van der Waals surface area (Å²) in [7, 11) is 1.39. The first kappa shape index (κ1) is 13.6. The fraction of sp³-hybridized carbons (Fsp3) is 0.667. The van der Waals surface area contributed by atoms with Crippen LogP contribution >= 0.6 is 0 Å². The van der Waals surface area contributed by atoms with Gasteiger partial charge in [-0.1, -0.05) is 0 Å². The van der Waals surface area contributed by atoms with Crippen LogP contribution in [-0.2, 0) is 11.3 Å². The minimum Gasteiger partial charge on any atom is -0.465 e. The Bertz CT molecular complexity index is 483. The Labute approximate surface area is 119 Å². The zero-order valence-electron chi connectivity index (χ0n) is 12.1. The highest BCUT2D eigenvalue weighted by Gasteiger charge is 2.34. The Kier molecular flexibility index (Phi) is 3.81. The van der Waals surface area contributed by atoms with E-state index in [1.807, 2.05) is 6.07 Å². The van der Waals surface area contributed by atoms with Gasteiger partial charge in [-0.25, -0.2) is 4.79 Å². The second-order valence-corrected chi connectivity index (χ2v) is 5.83. The Morgan fingerprint density at radius 2 is 2.40 bits per heavy atom. The van der Waals surface area contributed by atoms with Crippen LogP contribution in [0.5, 0.6) is 0 Å². The number of aryl methyl sites for hydroxylation is 1. The number of hydrogen-bond acceptors (Lipinski definition) is 5. The molecule has 2 fully saturated rings. The zero-order chi connectivity index (χ0) is 14.1. The number of hydrogen-bond donors (Lipinski definition) is 1. The predicted molar refractivity (Wildman–Crippen MR) is 74.6 cm³/mol. The fourth-order valence-electron chi connectivity index (χ4n) is 3.42. The van der Waals surface area contributed by atoms with Crippen molar-refractivity contribution < 1.29 is 13.9 Å². The largest absolute Gasteiger partial charge is 0.465 e. The molecule has 2 atom stereocenters. The number of esters is 1. The van der Waals surface area contributed by atoms with Gasteiger partial charge in [-0.05, 0) is 38.3 Å². The highest BCUT2D eigenvalue weighted by molar-refractivity contribution is 5.90. The topological polar surface area (TPSA) is 54.7 Å². The molecule has 0 saturated carbocycles. The number of fused-ring (bicyclic) bond motifs is 1. The van der Waals surface area contributed by atoms with E-state index in [0.717, 1.165) is 37.9 Å². The van der Waals surface area contributed by atoms with Gasteiger partial charge in [0, 0.05) is 19.1 Å². The lowest BCUT2D eigenvalue weighted by Gasteiger charge is -2.24. The van der Waals surface area contributed by atoms with Crippen molar-refractivity contribution in [1.29, 1.82) is 0 Å². The number of carbonyl (C=O) groups excluding carboxylic acids is 1. The van der Waals surface area contributed by atoms with Gasteiger partial charge in [0.05, 0.1) is 13.7 Å². The highest BCUT2D eigenvalue weighted by atomic mass is 16.5. The van der Waals surface area contributed by atoms with Crippen molar-refractivity contribution in [3.05, 3.63) is 23.2 Å². The van der Waals surface area contributed by atoms with Gasteiger partial charge >= 0.3 is 5.97 Å². The van der Waals surface area contributed by atoms with Crippen LogP contribution in [0.3, 0.4) is 0 Å². The van der Waals surface area contributed by atoms with E-state index in [-0.39, 0.29) is 5.97 Å². The number of piperidine rings is 1. The molecule has 110 valence electrons. The number of rotatable bonds is 3. The molecule has 20 heavy (non-hydrogen) atoms. The van der Waals surface area contributed by atoms with Crippen molar-refractivity contribution in [2.45, 2.75) is 32.4 Å². The van der Waals surface area contributed by atoms with Gasteiger partial charge in [-0.2, -0.15) is 0 Å². The molecule has 3 heterocycles. The maximum absolute atomic E-state index is 11.6. The smallest absolute Gasteiger partial charge is 0.341 e. The second-order valence-electron chi connectivity index (χ2n) is 5.83. The molecule has 2 aliphatic rings. The number of likely N-dealkylation sites (tertiary alicyclic amines) is 1. The Morgan fingerprint density at radius 1 is 1.55 bits per heavy atom. The van der Waals surface area contributed by atoms with E-state index in [0.29, 0.717) is 17.4 Å². The molecule has 1 aromatic heterocycles. The van der Waals surface area contributed by atoms with Gasteiger partial charge in [0.15, 0.2) is 0 Å². The Balaban J connectivity index is 1.65. The van der Waals surface area contributed by atoms with Crippen molar-refractivity contribution in [2.24, 2.45) is 5.92 Å². The third kappa shape index (κ3) is 2.60. The molecule has 0 aromatic carbocycles. The first-order valence-electron chi connectivity index (χ1n) is 7.30. The number of carbonyl (C=O) groups is 1. The van der Waals surface area contributed by atoms with E-state index in [1.54, 1.807) is 6.92 Å². The van der Waals surface area contributed by atoms with Crippen LogP contribution in [0.25, 0.3) is 0 Å². The summed E-state index contributed by atoms with van der Waals surface area (Å²) in [6.07, 6.45) is 2.60. The average molecular weight is 278 g/mol. The van der Waals surface area contributed by atoms with Crippen molar-refractivity contribution >= 4 is 5.97 Å². The molecule has 3 rings (SSSR count). The van der Waals surface area contributed by atoms with E-state index in [1.165, 1.54) is 20.0 Å². The van der Waals surface area contributed by atoms with Gasteiger partial charge in [-0.15, -0.1) is 0 Å². The molecule has 0 spiro atoms. The normalized spacial score (nSPS) is 26.5. The Morgan fingerprint density at radius 3 is 3.15 bits per heavy atom. The lowest BCUT2D eigenvalue weighted by molar-refractivity contribution is 0.0599. The van der Waals surface area contributed by atoms with Gasteiger partial charge in [-0.3, -0.25) is 4.90 Å². The van der Waals surface area contributed by atoms with Gasteiger partial charge in [0.1, 0.15) is 17.1 Å². The van der Waals surface area contributed by atoms with Crippen molar-refractivity contribution in [3.63, 3.8) is 0 Å². The molecule has 0 bridgehead atoms. The van der Waals surface area contributed by atoms with Crippen LogP contribution in [0, 0.1) is 12.8 Å². The zero-order valence-corrected chi connectivity index (χ0v) is 12.1. The van der Waals surface area contributed by atoms with Crippen LogP contribution in [0.1, 0.15) is 34.7 Å². The molecule has 0 aliphatic carbocycles. The summed E-state index contributed by atoms with van der Waals surface area (Å²) in [5.74, 6) is 1.93. The summed E-state index contributed by atoms with van der Waals surface area (Å²) in [5, 5.41) is 3.59. The van der Waals surface area contributed by atoms with Crippen LogP contribution in [0.2, 0.25) is 0 Å². The molecule has 0 unspecified atom stereocenters. The fourth-order valence-corrected chi connectivity index (χ4v) is 3.42. The predicted octanol–water partition coefficient (Wildman–Crippen LogP) is 1.56. The van der Waals surface area contributed by atoms with Crippen LogP contribution in [-0.4, -0.2) is 43.7 Å². The highest BCUT2D eigenvalue weighted by Crippen LogP contribution is 2.27. The lowest BCUT2D eigenvalue weighted by Crippen LogP contribution is -2.40. The van der Waals surface area contributed by atoms with E-state index < -0.39 is 0 Å². The lowest BCUT2D eigenvalue weighted by atomic mass is 9.94. The summed E-state index contributed by atoms with van der Waals surface area (Å²) in [6.45, 7) is 5.90. The summed E-state index contributed by atoms with van der Waals surface area (Å²) < 4.78 is 10.4. The van der Waals surface area contributed by atoms with Crippen molar-refractivity contribution in [2.75, 3.05) is 26.7 Å². The third-order valence-electron chi connectivity index (χ3n) is 4.43. The third-order valence-corrected chi connectivity index (χ3v) is 4.43. The van der Waals surface area contributed by atoms with Crippen LogP contribution in [0.4, 0.5) is 0 Å². The molecule has 5 nitrogen and oxygen atoms in total. The van der Waals surface area contributed by atoms with Crippen LogP contribution in [0.15, 0.2) is 10.5 Å². The summed E-state index contributed by atoms with van der Waals surface area (Å²) in [5.41, 5.74) is 0.539. The average Bonchev–Trinajstić information content (AvgIpc) is 3.01. The summed E-state index contributed by atoms with van der Waals surface area (Å²) >= 11 is 0. The number of nitrogens with zero attached hydrogens (tertiary/aromatic N) is 1. The van der Waals surface area contributed by atoms with Gasteiger partial charge in [0.25, 0.3) is 0 Å². The molecular formula is C15H22N2O3. The SMILES string of the molecule is COC(=O)c1cc(CN2C[C@@H]3CCCN[C@@H]3C2)oc1C. The number of ether oxygens (including phenoxy) is 1. The maximum Gasteiger partial charge on any atom is 0.341 e. The van der Waals surface area contributed by atoms with E-state index in [4.69, 9.17) is 9.15 Å². The number of nitrogens with one attached hydrogen (secondary N) is 1. The molecule has 2 aliphatic heterocycles. The monoisotopic (exact) mass is 278 g/mol. The summed E-state index contributed by atoms with van der Waals surface area (Å²) in [4.78, 5) is 14.0. The maximum atomic E-state index is 11.6. The molecule has 5 heteroatoms. The first-order chi connectivity index (χ1) is 9.67. The minimum atomic E-state index is -0.325. The molecule has 1 N–H and O–H groups in total. The summed E-state index contributed by atoms with van der Waals surface area (Å²) in [6, 6.07) is 2.44. The van der Waals surface area contributed by atoms with Gasteiger partial charge in [0.2, 0.25) is 0 Å². The molecule has 0 radical (unpaired) electrons. The quantitative estimate of drug-likeness (QED) is 0.850. The molecule has 2 saturated heterocycles. The van der Waals surface area contributed by atoms with Gasteiger partial charge < -0.3 is 14.5 Å². The number of methoxy groups -OCH3 is 1. The Hall–Kier alpha value is -1.33. The van der Waals surface area contributed by atoms with Crippen LogP contribution < -0.4 is 5.32 Å². The van der Waals surface area contributed by atoms with Crippen molar-refractivity contribution in [3.8, 4) is 0 Å². The number of furan rings is 1. The first-order valence-corrected chi connectivity index (χ1v) is 7.30. The molecule has 1 aromatic rings. The van der Waals surface area contributed by atoms with Crippen molar-refractivity contribution in [1.82, 2.24) is 10.2 Å².